The predicted molar refractivity (Wildman–Crippen MR) is 67.9 cm³/mol. The molecule has 0 unspecified atom stereocenters. The third kappa shape index (κ3) is 2.91. The summed E-state index contributed by atoms with van der Waals surface area (Å²) in [6, 6.07) is 0. The zero-order valence-corrected chi connectivity index (χ0v) is 10.3. The number of fused-ring (bicyclic) bond motifs is 1. The first-order chi connectivity index (χ1) is 8.54. The van der Waals surface area contributed by atoms with Crippen LogP contribution >= 0.6 is 0 Å². The number of nitrogens with zero attached hydrogens (tertiary/aromatic N) is 2. The highest BCUT2D eigenvalue weighted by Gasteiger charge is 2.23. The van der Waals surface area contributed by atoms with E-state index < -0.39 is 0 Å². The molecule has 2 amide bonds. The topological polar surface area (TPSA) is 82.9 Å². The standard InChI is InChI=1S/C12H14N4O2/c1-7(17)13-15-11-3-9-5-12(6-10(9)4-11)16-14-8(2)18/h3,6H,4-5H2,1-2H3,(H,13,17)(H,14,18)/b15-11-,16-12-. The summed E-state index contributed by atoms with van der Waals surface area (Å²) in [5, 5.41) is 7.99. The van der Waals surface area contributed by atoms with Crippen LogP contribution in [0.1, 0.15) is 26.7 Å². The number of allylic oxidation sites excluding steroid dienone is 4. The summed E-state index contributed by atoms with van der Waals surface area (Å²) in [4.78, 5) is 21.5. The van der Waals surface area contributed by atoms with Gasteiger partial charge in [0.25, 0.3) is 0 Å². The number of nitrogens with one attached hydrogen (secondary N) is 2. The van der Waals surface area contributed by atoms with Gasteiger partial charge in [-0.25, -0.2) is 10.9 Å². The zero-order chi connectivity index (χ0) is 13.1. The van der Waals surface area contributed by atoms with Gasteiger partial charge in [-0.05, 0) is 23.3 Å². The van der Waals surface area contributed by atoms with Gasteiger partial charge in [0.1, 0.15) is 0 Å². The molecule has 94 valence electrons. The Morgan fingerprint density at radius 3 is 1.67 bits per heavy atom. The lowest BCUT2D eigenvalue weighted by Gasteiger charge is -1.96. The highest BCUT2D eigenvalue weighted by Crippen LogP contribution is 2.31. The maximum absolute atomic E-state index is 10.7. The number of amides is 2. The Hall–Kier alpha value is -2.24. The third-order valence-corrected chi connectivity index (χ3v) is 2.55. The highest BCUT2D eigenvalue weighted by molar-refractivity contribution is 6.10. The predicted octanol–water partition coefficient (Wildman–Crippen LogP) is 0.631. The maximum Gasteiger partial charge on any atom is 0.236 e. The van der Waals surface area contributed by atoms with Crippen LogP contribution in [0.5, 0.6) is 0 Å². The molecule has 2 N–H and O–H groups in total. The molecule has 6 heteroatoms. The van der Waals surface area contributed by atoms with Gasteiger partial charge in [-0.2, -0.15) is 10.2 Å². The summed E-state index contributed by atoms with van der Waals surface area (Å²) in [5.74, 6) is -0.361. The minimum absolute atomic E-state index is 0.181. The molecule has 0 heterocycles. The molecule has 18 heavy (non-hydrogen) atoms. The van der Waals surface area contributed by atoms with Crippen molar-refractivity contribution >= 4 is 23.2 Å². The fourth-order valence-corrected chi connectivity index (χ4v) is 1.85. The largest absolute Gasteiger partial charge is 0.274 e. The molecule has 0 aromatic heterocycles. The van der Waals surface area contributed by atoms with Gasteiger partial charge >= 0.3 is 0 Å². The summed E-state index contributed by atoms with van der Waals surface area (Å²) < 4.78 is 0. The maximum atomic E-state index is 10.7. The molecular formula is C12H14N4O2. The number of carbonyl (C=O) groups excluding carboxylic acids is 2. The molecule has 0 aromatic rings. The average Bonchev–Trinajstić information content (AvgIpc) is 2.80. The van der Waals surface area contributed by atoms with E-state index in [-0.39, 0.29) is 11.8 Å². The lowest BCUT2D eigenvalue weighted by Crippen LogP contribution is -2.15. The van der Waals surface area contributed by atoms with E-state index in [4.69, 9.17) is 0 Å². The van der Waals surface area contributed by atoms with Crippen LogP contribution in [0.25, 0.3) is 0 Å². The average molecular weight is 246 g/mol. The SMILES string of the molecule is CC(=O)N/N=C1\C=C2C/C(=N\NC(C)=O)C=C2C1. The van der Waals surface area contributed by atoms with Crippen molar-refractivity contribution in [3.8, 4) is 0 Å². The van der Waals surface area contributed by atoms with E-state index in [1.165, 1.54) is 13.8 Å². The van der Waals surface area contributed by atoms with Crippen LogP contribution in [0.4, 0.5) is 0 Å². The molecule has 6 nitrogen and oxygen atoms in total. The van der Waals surface area contributed by atoms with Crippen LogP contribution in [-0.2, 0) is 9.59 Å². The molecule has 0 fully saturated rings. The summed E-state index contributed by atoms with van der Waals surface area (Å²) in [6.07, 6.45) is 5.26. The van der Waals surface area contributed by atoms with Crippen molar-refractivity contribution in [3.05, 3.63) is 23.3 Å². The molecule has 0 atom stereocenters. The second kappa shape index (κ2) is 4.95. The van der Waals surface area contributed by atoms with Crippen molar-refractivity contribution in [1.82, 2.24) is 10.9 Å². The van der Waals surface area contributed by atoms with E-state index in [1.807, 2.05) is 12.2 Å². The Balaban J connectivity index is 2.02. The van der Waals surface area contributed by atoms with Crippen LogP contribution in [0.15, 0.2) is 33.5 Å². The van der Waals surface area contributed by atoms with Crippen molar-refractivity contribution in [2.75, 3.05) is 0 Å². The highest BCUT2D eigenvalue weighted by atomic mass is 16.2. The van der Waals surface area contributed by atoms with Crippen molar-refractivity contribution in [1.29, 1.82) is 0 Å². The Morgan fingerprint density at radius 1 is 0.944 bits per heavy atom. The summed E-state index contributed by atoms with van der Waals surface area (Å²) in [7, 11) is 0. The number of carbonyl (C=O) groups is 2. The Labute approximate surface area is 105 Å². The molecule has 0 radical (unpaired) electrons. The normalized spacial score (nSPS) is 21.7. The lowest BCUT2D eigenvalue weighted by molar-refractivity contribution is -0.119. The molecule has 0 saturated carbocycles. The van der Waals surface area contributed by atoms with Crippen molar-refractivity contribution in [2.45, 2.75) is 26.7 Å². The molecule has 2 rings (SSSR count). The summed E-state index contributed by atoms with van der Waals surface area (Å²) >= 11 is 0. The second-order valence-corrected chi connectivity index (χ2v) is 4.23. The molecule has 0 aliphatic heterocycles. The quantitative estimate of drug-likeness (QED) is 0.700. The van der Waals surface area contributed by atoms with Gasteiger partial charge in [0.05, 0.1) is 11.4 Å². The van der Waals surface area contributed by atoms with Crippen LogP contribution in [0.2, 0.25) is 0 Å². The monoisotopic (exact) mass is 246 g/mol. The molecule has 0 spiro atoms. The van der Waals surface area contributed by atoms with Crippen LogP contribution < -0.4 is 10.9 Å². The molecule has 0 bridgehead atoms. The first-order valence-electron chi connectivity index (χ1n) is 5.62. The molecule has 2 aliphatic carbocycles. The molecular weight excluding hydrogens is 232 g/mol. The molecule has 2 aliphatic rings. The smallest absolute Gasteiger partial charge is 0.236 e. The van der Waals surface area contributed by atoms with E-state index in [0.29, 0.717) is 12.8 Å². The van der Waals surface area contributed by atoms with Crippen molar-refractivity contribution < 1.29 is 9.59 Å². The van der Waals surface area contributed by atoms with Crippen molar-refractivity contribution in [3.63, 3.8) is 0 Å². The van der Waals surface area contributed by atoms with E-state index in [0.717, 1.165) is 22.6 Å². The third-order valence-electron chi connectivity index (χ3n) is 2.55. The summed E-state index contributed by atoms with van der Waals surface area (Å²) in [6.45, 7) is 2.84. The van der Waals surface area contributed by atoms with Crippen LogP contribution in [-0.4, -0.2) is 23.2 Å². The Bertz CT molecular complexity index is 478. The van der Waals surface area contributed by atoms with E-state index in [9.17, 15) is 9.59 Å². The first kappa shape index (κ1) is 12.2. The van der Waals surface area contributed by atoms with E-state index in [2.05, 4.69) is 21.1 Å². The van der Waals surface area contributed by atoms with Crippen LogP contribution in [0, 0.1) is 0 Å². The van der Waals surface area contributed by atoms with Gasteiger partial charge in [0, 0.05) is 26.7 Å². The van der Waals surface area contributed by atoms with E-state index >= 15 is 0 Å². The van der Waals surface area contributed by atoms with Gasteiger partial charge in [-0.3, -0.25) is 9.59 Å². The molecule has 0 aromatic carbocycles. The zero-order valence-electron chi connectivity index (χ0n) is 10.3. The van der Waals surface area contributed by atoms with Gasteiger partial charge in [0.15, 0.2) is 0 Å². The van der Waals surface area contributed by atoms with Gasteiger partial charge in [-0.15, -0.1) is 0 Å². The number of hydrogen-bond acceptors (Lipinski definition) is 4. The fraction of sp³-hybridized carbons (Fsp3) is 0.333. The second-order valence-electron chi connectivity index (χ2n) is 4.23. The minimum Gasteiger partial charge on any atom is -0.274 e. The van der Waals surface area contributed by atoms with Gasteiger partial charge < -0.3 is 0 Å². The van der Waals surface area contributed by atoms with Crippen LogP contribution in [0.3, 0.4) is 0 Å². The first-order valence-corrected chi connectivity index (χ1v) is 5.62. The van der Waals surface area contributed by atoms with Crippen molar-refractivity contribution in [2.24, 2.45) is 10.2 Å². The van der Waals surface area contributed by atoms with Gasteiger partial charge in [-0.1, -0.05) is 0 Å². The van der Waals surface area contributed by atoms with Gasteiger partial charge in [0.2, 0.25) is 11.8 Å². The number of hydrazone groups is 2. The Kier molecular flexibility index (Phi) is 3.36. The minimum atomic E-state index is -0.181. The number of hydrogen-bond donors (Lipinski definition) is 2. The molecule has 0 saturated heterocycles. The fourth-order valence-electron chi connectivity index (χ4n) is 1.85. The summed E-state index contributed by atoms with van der Waals surface area (Å²) in [5.41, 5.74) is 8.80. The Morgan fingerprint density at radius 2 is 1.33 bits per heavy atom. The number of rotatable bonds is 2. The van der Waals surface area contributed by atoms with E-state index in [1.54, 1.807) is 0 Å². The lowest BCUT2D eigenvalue weighted by atomic mass is 10.2.